The maximum absolute atomic E-state index is 11.9. The fourth-order valence-corrected chi connectivity index (χ4v) is 2.83. The minimum Gasteiger partial charge on any atom is -0.544 e. The van der Waals surface area contributed by atoms with Gasteiger partial charge in [0.2, 0.25) is 5.91 Å². The monoisotopic (exact) mass is 343 g/mol. The summed E-state index contributed by atoms with van der Waals surface area (Å²) in [6.07, 6.45) is -0.0287. The summed E-state index contributed by atoms with van der Waals surface area (Å²) in [4.78, 5) is 26.8. The maximum atomic E-state index is 11.9. The number of carboxylic acid groups (broad SMARTS) is 1. The summed E-state index contributed by atoms with van der Waals surface area (Å²) in [6.45, 7) is 1.56. The molecule has 0 fully saturated rings. The average Bonchev–Trinajstić information content (AvgIpc) is 2.75. The van der Waals surface area contributed by atoms with Crippen LogP contribution in [0.1, 0.15) is 20.4 Å². The molecule has 2 rings (SSSR count). The highest BCUT2D eigenvalue weighted by Gasteiger charge is 2.12. The largest absolute Gasteiger partial charge is 0.544 e. The van der Waals surface area contributed by atoms with E-state index < -0.39 is 5.97 Å². The number of hydrogen-bond acceptors (Lipinski definition) is 5. The topological polar surface area (TPSA) is 82.1 Å². The second-order valence-electron chi connectivity index (χ2n) is 4.16. The summed E-state index contributed by atoms with van der Waals surface area (Å²) in [5.41, 5.74) is 0.847. The lowest BCUT2D eigenvalue weighted by Gasteiger charge is -2.05. The number of aromatic carboxylic acids is 1. The molecule has 0 aliphatic carbocycles. The molecule has 0 radical (unpaired) electrons. The highest BCUT2D eigenvalue weighted by atomic mass is 35.5. The molecule has 1 N–H and O–H groups in total. The third-order valence-corrected chi connectivity index (χ3v) is 4.42. The van der Waals surface area contributed by atoms with Crippen LogP contribution in [0.5, 0.6) is 0 Å². The quantitative estimate of drug-likeness (QED) is 0.923. The molecule has 1 amide bonds. The summed E-state index contributed by atoms with van der Waals surface area (Å²) in [5.74, 6) is -1.62. The van der Waals surface area contributed by atoms with E-state index in [1.54, 1.807) is 19.1 Å². The number of halogens is 2. The minimum atomic E-state index is -1.29. The maximum Gasteiger partial charge on any atom is 0.231 e. The van der Waals surface area contributed by atoms with Crippen molar-refractivity contribution in [3.8, 4) is 0 Å². The van der Waals surface area contributed by atoms with E-state index in [0.717, 1.165) is 11.3 Å². The normalized spacial score (nSPS) is 10.4. The van der Waals surface area contributed by atoms with Crippen LogP contribution in [0.15, 0.2) is 18.2 Å². The number of aromatic nitrogens is 1. The van der Waals surface area contributed by atoms with E-state index in [-0.39, 0.29) is 17.2 Å². The van der Waals surface area contributed by atoms with Crippen LogP contribution in [-0.2, 0) is 11.2 Å². The molecule has 5 nitrogen and oxygen atoms in total. The van der Waals surface area contributed by atoms with Crippen molar-refractivity contribution in [1.29, 1.82) is 0 Å². The van der Waals surface area contributed by atoms with Gasteiger partial charge in [0.1, 0.15) is 5.01 Å². The van der Waals surface area contributed by atoms with Crippen LogP contribution in [0.2, 0.25) is 10.0 Å². The fourth-order valence-electron chi connectivity index (χ4n) is 1.63. The number of aryl methyl sites for hydroxylation is 1. The molecule has 0 saturated carbocycles. The summed E-state index contributed by atoms with van der Waals surface area (Å²) < 4.78 is 0. The zero-order chi connectivity index (χ0) is 15.6. The van der Waals surface area contributed by atoms with Gasteiger partial charge in [-0.05, 0) is 25.1 Å². The van der Waals surface area contributed by atoms with Crippen molar-refractivity contribution in [3.63, 3.8) is 0 Å². The molecule has 1 aromatic heterocycles. The van der Waals surface area contributed by atoms with Crippen LogP contribution in [0.3, 0.4) is 0 Å². The van der Waals surface area contributed by atoms with Gasteiger partial charge in [-0.3, -0.25) is 4.79 Å². The Hall–Kier alpha value is -1.63. The molecule has 0 bridgehead atoms. The lowest BCUT2D eigenvalue weighted by Crippen LogP contribution is -2.21. The number of amides is 1. The molecule has 1 aromatic carbocycles. The predicted octanol–water partition coefficient (Wildman–Crippen LogP) is 2.30. The van der Waals surface area contributed by atoms with Gasteiger partial charge in [0.15, 0.2) is 0 Å². The first-order valence-corrected chi connectivity index (χ1v) is 7.36. The zero-order valence-electron chi connectivity index (χ0n) is 10.8. The number of hydrogen-bond donors (Lipinski definition) is 1. The number of carbonyl (C=O) groups excluding carboxylic acids is 2. The molecule has 8 heteroatoms. The van der Waals surface area contributed by atoms with Crippen molar-refractivity contribution in [2.45, 2.75) is 13.3 Å². The number of nitrogens with zero attached hydrogens (tertiary/aromatic N) is 1. The van der Waals surface area contributed by atoms with Crippen LogP contribution in [0.25, 0.3) is 0 Å². The predicted molar refractivity (Wildman–Crippen MR) is 80.0 cm³/mol. The molecule has 21 heavy (non-hydrogen) atoms. The van der Waals surface area contributed by atoms with Crippen LogP contribution in [-0.4, -0.2) is 16.9 Å². The van der Waals surface area contributed by atoms with Crippen LogP contribution in [0, 0.1) is 6.92 Å². The third kappa shape index (κ3) is 3.93. The van der Waals surface area contributed by atoms with Crippen molar-refractivity contribution in [2.75, 3.05) is 5.32 Å². The first-order valence-electron chi connectivity index (χ1n) is 5.79. The van der Waals surface area contributed by atoms with E-state index in [0.29, 0.717) is 26.4 Å². The van der Waals surface area contributed by atoms with Crippen LogP contribution in [0.4, 0.5) is 5.69 Å². The molecule has 0 aliphatic heterocycles. The van der Waals surface area contributed by atoms with Gasteiger partial charge in [0.05, 0.1) is 33.0 Å². The fraction of sp³-hybridized carbons (Fsp3) is 0.154. The average molecular weight is 344 g/mol. The van der Waals surface area contributed by atoms with Gasteiger partial charge in [-0.15, -0.1) is 11.3 Å². The Morgan fingerprint density at radius 3 is 2.62 bits per heavy atom. The summed E-state index contributed by atoms with van der Waals surface area (Å²) in [6, 6.07) is 4.72. The Bertz CT molecular complexity index is 715. The molecule has 110 valence electrons. The standard InChI is InChI=1S/C13H10Cl2N2O3S/c1-6-12(13(19)20)21-11(16-6)5-10(18)17-7-2-3-8(14)9(15)4-7/h2-4H,5H2,1H3,(H,17,18)(H,19,20)/p-1. The number of carboxylic acids is 1. The van der Waals surface area contributed by atoms with Crippen molar-refractivity contribution >= 4 is 52.1 Å². The number of anilines is 1. The number of rotatable bonds is 4. The van der Waals surface area contributed by atoms with Gasteiger partial charge in [-0.25, -0.2) is 4.98 Å². The van der Waals surface area contributed by atoms with Gasteiger partial charge in [0.25, 0.3) is 0 Å². The van der Waals surface area contributed by atoms with Gasteiger partial charge in [-0.1, -0.05) is 23.2 Å². The van der Waals surface area contributed by atoms with E-state index in [2.05, 4.69) is 10.3 Å². The van der Waals surface area contributed by atoms with Crippen LogP contribution >= 0.6 is 34.5 Å². The Balaban J connectivity index is 2.06. The molecule has 0 aliphatic rings. The highest BCUT2D eigenvalue weighted by molar-refractivity contribution is 7.13. The number of benzene rings is 1. The Morgan fingerprint density at radius 2 is 2.05 bits per heavy atom. The first kappa shape index (κ1) is 15.8. The van der Waals surface area contributed by atoms with Gasteiger partial charge < -0.3 is 15.2 Å². The Kier molecular flexibility index (Phi) is 4.82. The minimum absolute atomic E-state index is 0.0287. The second-order valence-corrected chi connectivity index (χ2v) is 6.06. The Morgan fingerprint density at radius 1 is 1.33 bits per heavy atom. The van der Waals surface area contributed by atoms with Crippen molar-refractivity contribution in [2.24, 2.45) is 0 Å². The van der Waals surface area contributed by atoms with Gasteiger partial charge in [0, 0.05) is 5.69 Å². The van der Waals surface area contributed by atoms with E-state index >= 15 is 0 Å². The van der Waals surface area contributed by atoms with Crippen molar-refractivity contribution in [3.05, 3.63) is 43.8 Å². The lowest BCUT2D eigenvalue weighted by atomic mass is 10.3. The SMILES string of the molecule is Cc1nc(CC(=O)Nc2ccc(Cl)c(Cl)c2)sc1C(=O)[O-]. The van der Waals surface area contributed by atoms with Crippen LogP contribution < -0.4 is 10.4 Å². The van der Waals surface area contributed by atoms with Crippen molar-refractivity contribution in [1.82, 2.24) is 4.98 Å². The summed E-state index contributed by atoms with van der Waals surface area (Å²) in [5, 5.41) is 14.6. The van der Waals surface area contributed by atoms with E-state index in [4.69, 9.17) is 23.2 Å². The number of thiazole rings is 1. The molecule has 0 unspecified atom stereocenters. The second kappa shape index (κ2) is 6.43. The number of carbonyl (C=O) groups is 2. The van der Waals surface area contributed by atoms with Gasteiger partial charge in [-0.2, -0.15) is 0 Å². The van der Waals surface area contributed by atoms with E-state index in [9.17, 15) is 14.7 Å². The Labute approximate surface area is 134 Å². The number of nitrogens with one attached hydrogen (secondary N) is 1. The third-order valence-electron chi connectivity index (χ3n) is 2.54. The van der Waals surface area contributed by atoms with Gasteiger partial charge >= 0.3 is 0 Å². The molecule has 2 aromatic rings. The smallest absolute Gasteiger partial charge is 0.231 e. The highest BCUT2D eigenvalue weighted by Crippen LogP contribution is 2.25. The summed E-state index contributed by atoms with van der Waals surface area (Å²) >= 11 is 12.6. The zero-order valence-corrected chi connectivity index (χ0v) is 13.1. The van der Waals surface area contributed by atoms with Crippen molar-refractivity contribution < 1.29 is 14.7 Å². The lowest BCUT2D eigenvalue weighted by molar-refractivity contribution is -0.254. The van der Waals surface area contributed by atoms with E-state index in [1.807, 2.05) is 0 Å². The summed E-state index contributed by atoms with van der Waals surface area (Å²) in [7, 11) is 0. The first-order chi connectivity index (χ1) is 9.86. The molecule has 0 atom stereocenters. The molecular weight excluding hydrogens is 335 g/mol. The van der Waals surface area contributed by atoms with E-state index in [1.165, 1.54) is 6.07 Å². The molecule has 1 heterocycles. The molecule has 0 spiro atoms. The molecule has 0 saturated heterocycles. The molecular formula is C13H9Cl2N2O3S-.